The molecule has 0 aromatic rings. The average molecular weight is 324 g/mol. The number of esters is 1. The van der Waals surface area contributed by atoms with E-state index in [1.165, 1.54) is 0 Å². The van der Waals surface area contributed by atoms with Gasteiger partial charge in [0.2, 0.25) is 0 Å². The molecule has 8 nitrogen and oxygen atoms in total. The molecule has 22 heavy (non-hydrogen) atoms. The number of carboxylic acid groups (broad SMARTS) is 1. The molecule has 0 unspecified atom stereocenters. The Kier molecular flexibility index (Phi) is 20.7. The predicted molar refractivity (Wildman–Crippen MR) is 78.4 cm³/mol. The number of carbonyl (C=O) groups excluding carboxylic acids is 1. The van der Waals surface area contributed by atoms with Crippen molar-refractivity contribution in [1.29, 1.82) is 0 Å². The fourth-order valence-corrected chi connectivity index (χ4v) is 1.28. The van der Waals surface area contributed by atoms with E-state index in [1.807, 2.05) is 0 Å². The molecule has 0 fully saturated rings. The van der Waals surface area contributed by atoms with Crippen molar-refractivity contribution in [2.75, 3.05) is 39.6 Å². The monoisotopic (exact) mass is 324 g/mol. The molecule has 0 heterocycles. The molecule has 0 amide bonds. The highest BCUT2D eigenvalue weighted by atomic mass is 16.5. The first-order valence-electron chi connectivity index (χ1n) is 7.36. The highest BCUT2D eigenvalue weighted by molar-refractivity contribution is 5.69. The van der Waals surface area contributed by atoms with Gasteiger partial charge in [-0.1, -0.05) is 0 Å². The van der Waals surface area contributed by atoms with Gasteiger partial charge < -0.3 is 29.9 Å². The molecule has 0 aliphatic heterocycles. The summed E-state index contributed by atoms with van der Waals surface area (Å²) in [5.41, 5.74) is 0. The molecule has 132 valence electrons. The summed E-state index contributed by atoms with van der Waals surface area (Å²) < 4.78 is 10.0. The molecule has 8 heteroatoms. The van der Waals surface area contributed by atoms with E-state index in [0.29, 0.717) is 32.7 Å². The zero-order chi connectivity index (χ0) is 17.1. The summed E-state index contributed by atoms with van der Waals surface area (Å²) in [5.74, 6) is -1.12. The van der Waals surface area contributed by atoms with Gasteiger partial charge in [0.1, 0.15) is 0 Å². The summed E-state index contributed by atoms with van der Waals surface area (Å²) in [6.07, 6.45) is 2.92. The second kappa shape index (κ2) is 19.8. The summed E-state index contributed by atoms with van der Waals surface area (Å²) in [7, 11) is 0. The number of carbonyl (C=O) groups is 2. The van der Waals surface area contributed by atoms with Crippen molar-refractivity contribution in [3.8, 4) is 0 Å². The first-order valence-corrected chi connectivity index (χ1v) is 7.36. The maximum atomic E-state index is 11.2. The van der Waals surface area contributed by atoms with E-state index in [2.05, 4.69) is 0 Å². The first-order chi connectivity index (χ1) is 10.6. The number of ether oxygens (including phenoxy) is 2. The van der Waals surface area contributed by atoms with Crippen molar-refractivity contribution in [3.05, 3.63) is 0 Å². The molecule has 0 bridgehead atoms. The fourth-order valence-electron chi connectivity index (χ4n) is 1.28. The zero-order valence-corrected chi connectivity index (χ0v) is 12.9. The third-order valence-corrected chi connectivity index (χ3v) is 2.30. The summed E-state index contributed by atoms with van der Waals surface area (Å²) >= 11 is 0. The van der Waals surface area contributed by atoms with Crippen LogP contribution in [0.3, 0.4) is 0 Å². The Bertz CT molecular complexity index is 255. The number of aliphatic carboxylic acids is 1. The molecule has 0 spiro atoms. The second-order valence-corrected chi connectivity index (χ2v) is 4.31. The highest BCUT2D eigenvalue weighted by Crippen LogP contribution is 2.02. The normalized spacial score (nSPS) is 9.77. The van der Waals surface area contributed by atoms with Gasteiger partial charge in [-0.15, -0.1) is 0 Å². The van der Waals surface area contributed by atoms with Crippen molar-refractivity contribution in [1.82, 2.24) is 0 Å². The lowest BCUT2D eigenvalue weighted by Crippen LogP contribution is -2.07. The van der Waals surface area contributed by atoms with Crippen LogP contribution in [0.5, 0.6) is 0 Å². The molecule has 4 N–H and O–H groups in total. The lowest BCUT2D eigenvalue weighted by Gasteiger charge is -2.05. The summed E-state index contributed by atoms with van der Waals surface area (Å²) in [5, 5.41) is 32.1. The van der Waals surface area contributed by atoms with E-state index in [-0.39, 0.29) is 38.6 Å². The number of aliphatic hydroxyl groups excluding tert-OH is 3. The molecule has 0 saturated carbocycles. The Balaban J connectivity index is 0. The van der Waals surface area contributed by atoms with E-state index in [9.17, 15) is 9.59 Å². The highest BCUT2D eigenvalue weighted by Gasteiger charge is 2.03. The Morgan fingerprint density at radius 1 is 0.727 bits per heavy atom. The van der Waals surface area contributed by atoms with Gasteiger partial charge in [0.05, 0.1) is 33.0 Å². The van der Waals surface area contributed by atoms with Crippen LogP contribution >= 0.6 is 0 Å². The first kappa shape index (κ1) is 23.1. The molecule has 0 aliphatic carbocycles. The molecular weight excluding hydrogens is 296 g/mol. The summed E-state index contributed by atoms with van der Waals surface area (Å²) in [6, 6.07) is 0. The van der Waals surface area contributed by atoms with E-state index in [0.717, 1.165) is 12.8 Å². The Hall–Kier alpha value is -1.22. The van der Waals surface area contributed by atoms with Gasteiger partial charge in [-0.2, -0.15) is 0 Å². The van der Waals surface area contributed by atoms with Gasteiger partial charge in [-0.25, -0.2) is 0 Å². The third kappa shape index (κ3) is 23.8. The van der Waals surface area contributed by atoms with Crippen LogP contribution in [0, 0.1) is 0 Å². The fraction of sp³-hybridized carbons (Fsp3) is 0.857. The molecule has 0 aromatic carbocycles. The quantitative estimate of drug-likeness (QED) is 0.273. The van der Waals surface area contributed by atoms with E-state index < -0.39 is 5.97 Å². The molecule has 0 rings (SSSR count). The number of hydrogen-bond donors (Lipinski definition) is 4. The Labute approximate surface area is 130 Å². The standard InChI is InChI=1S/C12H22O6.C2H6O2/c13-7-10-17-8-3-4-9-18-12(16)6-2-1-5-11(14)15;3-1-2-4/h13H,1-10H2,(H,14,15);3-4H,1-2H2. The zero-order valence-electron chi connectivity index (χ0n) is 12.9. The lowest BCUT2D eigenvalue weighted by atomic mass is 10.2. The van der Waals surface area contributed by atoms with Gasteiger partial charge in [0.25, 0.3) is 0 Å². The van der Waals surface area contributed by atoms with Crippen molar-refractivity contribution >= 4 is 11.9 Å². The second-order valence-electron chi connectivity index (χ2n) is 4.31. The smallest absolute Gasteiger partial charge is 0.305 e. The number of carboxylic acids is 1. The van der Waals surface area contributed by atoms with Crippen LogP contribution in [0.25, 0.3) is 0 Å². The van der Waals surface area contributed by atoms with E-state index in [1.54, 1.807) is 0 Å². The number of rotatable bonds is 13. The number of hydrogen-bond acceptors (Lipinski definition) is 7. The van der Waals surface area contributed by atoms with E-state index in [4.69, 9.17) is 29.9 Å². The summed E-state index contributed by atoms with van der Waals surface area (Å²) in [6.45, 7) is 1.02. The topological polar surface area (TPSA) is 134 Å². The predicted octanol–water partition coefficient (Wildman–Crippen LogP) is -0.0653. The van der Waals surface area contributed by atoms with Crippen molar-refractivity contribution in [2.45, 2.75) is 38.5 Å². The maximum Gasteiger partial charge on any atom is 0.305 e. The van der Waals surface area contributed by atoms with Crippen LogP contribution in [-0.4, -0.2) is 72.0 Å². The molecule has 0 saturated heterocycles. The van der Waals surface area contributed by atoms with Crippen LogP contribution in [0.4, 0.5) is 0 Å². The largest absolute Gasteiger partial charge is 0.481 e. The summed E-state index contributed by atoms with van der Waals surface area (Å²) in [4.78, 5) is 21.4. The van der Waals surface area contributed by atoms with Crippen LogP contribution in [0.15, 0.2) is 0 Å². The average Bonchev–Trinajstić information content (AvgIpc) is 2.50. The Morgan fingerprint density at radius 2 is 1.32 bits per heavy atom. The van der Waals surface area contributed by atoms with Gasteiger partial charge in [-0.05, 0) is 25.7 Å². The minimum absolute atomic E-state index is 0.0192. The lowest BCUT2D eigenvalue weighted by molar-refractivity contribution is -0.144. The number of aliphatic hydroxyl groups is 3. The third-order valence-electron chi connectivity index (χ3n) is 2.30. The van der Waals surface area contributed by atoms with Crippen molar-refractivity contribution in [3.63, 3.8) is 0 Å². The van der Waals surface area contributed by atoms with Crippen molar-refractivity contribution < 1.29 is 39.5 Å². The molecular formula is C14H28O8. The van der Waals surface area contributed by atoms with Gasteiger partial charge in [0.15, 0.2) is 0 Å². The van der Waals surface area contributed by atoms with Gasteiger partial charge in [0, 0.05) is 19.4 Å². The van der Waals surface area contributed by atoms with Crippen molar-refractivity contribution in [2.24, 2.45) is 0 Å². The van der Waals surface area contributed by atoms with Crippen LogP contribution in [0.2, 0.25) is 0 Å². The van der Waals surface area contributed by atoms with Crippen LogP contribution < -0.4 is 0 Å². The Morgan fingerprint density at radius 3 is 1.86 bits per heavy atom. The minimum atomic E-state index is -0.841. The minimum Gasteiger partial charge on any atom is -0.481 e. The molecule has 0 atom stereocenters. The van der Waals surface area contributed by atoms with Crippen LogP contribution in [0.1, 0.15) is 38.5 Å². The number of unbranched alkanes of at least 4 members (excludes halogenated alkanes) is 2. The molecule has 0 aromatic heterocycles. The molecule has 0 radical (unpaired) electrons. The molecule has 0 aliphatic rings. The van der Waals surface area contributed by atoms with Gasteiger partial charge in [-0.3, -0.25) is 9.59 Å². The van der Waals surface area contributed by atoms with Gasteiger partial charge >= 0.3 is 11.9 Å². The van der Waals surface area contributed by atoms with E-state index >= 15 is 0 Å². The maximum absolute atomic E-state index is 11.2. The van der Waals surface area contributed by atoms with Crippen LogP contribution in [-0.2, 0) is 19.1 Å². The SMILES string of the molecule is O=C(O)CCCCC(=O)OCCCCOCCO.OCCO.